The molecule has 1 atom stereocenters. The Morgan fingerprint density at radius 3 is 2.22 bits per heavy atom. The number of rotatable bonds is 6. The lowest BCUT2D eigenvalue weighted by Crippen LogP contribution is -2.47. The lowest BCUT2D eigenvalue weighted by Gasteiger charge is -2.24. The first-order chi connectivity index (χ1) is 13.1. The number of ether oxygens (including phenoxy) is 1. The third-order valence-electron chi connectivity index (χ3n) is 4.21. The monoisotopic (exact) mass is 380 g/mol. The zero-order chi connectivity index (χ0) is 19.4. The van der Waals surface area contributed by atoms with Crippen LogP contribution in [0, 0.1) is 11.3 Å². The molecule has 27 heavy (non-hydrogen) atoms. The molecule has 7 heteroatoms. The van der Waals surface area contributed by atoms with E-state index in [0.29, 0.717) is 28.9 Å². The molecular formula is C20H16N2O4S. The summed E-state index contributed by atoms with van der Waals surface area (Å²) in [5, 5.41) is 8.84. The fraction of sp³-hybridized carbons (Fsp3) is 0.200. The molecule has 0 N–H and O–H groups in total. The van der Waals surface area contributed by atoms with Crippen LogP contribution in [0.1, 0.15) is 32.7 Å². The Kier molecular flexibility index (Phi) is 5.57. The molecule has 136 valence electrons. The van der Waals surface area contributed by atoms with Gasteiger partial charge in [-0.15, -0.1) is 0 Å². The molecule has 0 radical (unpaired) electrons. The largest absolute Gasteiger partial charge is 0.425 e. The SMILES string of the molecule is CSCC[C@H](C(=O)Oc1ccc(C#N)cc1)N1C(=O)c2ccccc2C1=O. The normalized spacial score (nSPS) is 13.9. The molecule has 2 aromatic carbocycles. The highest BCUT2D eigenvalue weighted by molar-refractivity contribution is 7.98. The predicted molar refractivity (Wildman–Crippen MR) is 101 cm³/mol. The number of esters is 1. The number of benzene rings is 2. The summed E-state index contributed by atoms with van der Waals surface area (Å²) in [5.74, 6) is -0.814. The van der Waals surface area contributed by atoms with Crippen molar-refractivity contribution in [1.29, 1.82) is 5.26 Å². The summed E-state index contributed by atoms with van der Waals surface area (Å²) in [6.07, 6.45) is 2.17. The molecule has 0 bridgehead atoms. The molecule has 2 amide bonds. The molecule has 0 spiro atoms. The molecule has 6 nitrogen and oxygen atoms in total. The van der Waals surface area contributed by atoms with Crippen LogP contribution in [0.2, 0.25) is 0 Å². The maximum absolute atomic E-state index is 12.8. The van der Waals surface area contributed by atoms with E-state index in [0.717, 1.165) is 4.90 Å². The van der Waals surface area contributed by atoms with Gasteiger partial charge < -0.3 is 4.74 Å². The first kappa shape index (κ1) is 18.7. The highest BCUT2D eigenvalue weighted by atomic mass is 32.2. The lowest BCUT2D eigenvalue weighted by atomic mass is 10.1. The maximum Gasteiger partial charge on any atom is 0.334 e. The molecule has 0 fully saturated rings. The second kappa shape index (κ2) is 8.06. The molecule has 3 rings (SSSR count). The minimum Gasteiger partial charge on any atom is -0.425 e. The Morgan fingerprint density at radius 2 is 1.70 bits per heavy atom. The van der Waals surface area contributed by atoms with E-state index < -0.39 is 23.8 Å². The van der Waals surface area contributed by atoms with Crippen molar-refractivity contribution in [2.75, 3.05) is 12.0 Å². The smallest absolute Gasteiger partial charge is 0.334 e. The number of thioether (sulfide) groups is 1. The van der Waals surface area contributed by atoms with Gasteiger partial charge in [0.05, 0.1) is 22.8 Å². The summed E-state index contributed by atoms with van der Waals surface area (Å²) in [4.78, 5) is 39.2. The molecular weight excluding hydrogens is 364 g/mol. The highest BCUT2D eigenvalue weighted by Gasteiger charge is 2.43. The Balaban J connectivity index is 1.85. The summed E-state index contributed by atoms with van der Waals surface area (Å²) in [6, 6.07) is 13.6. The number of amides is 2. The van der Waals surface area contributed by atoms with Crippen LogP contribution >= 0.6 is 11.8 Å². The van der Waals surface area contributed by atoms with Crippen molar-refractivity contribution in [3.63, 3.8) is 0 Å². The summed E-state index contributed by atoms with van der Waals surface area (Å²) in [5.41, 5.74) is 1.03. The summed E-state index contributed by atoms with van der Waals surface area (Å²) in [6.45, 7) is 0. The van der Waals surface area contributed by atoms with Crippen molar-refractivity contribution >= 4 is 29.5 Å². The van der Waals surface area contributed by atoms with E-state index in [4.69, 9.17) is 10.00 Å². The molecule has 0 saturated heterocycles. The minimum absolute atomic E-state index is 0.254. The predicted octanol–water partition coefficient (Wildman–Crippen LogP) is 2.88. The van der Waals surface area contributed by atoms with Crippen LogP contribution in [0.15, 0.2) is 48.5 Å². The third-order valence-corrected chi connectivity index (χ3v) is 4.85. The van der Waals surface area contributed by atoms with Gasteiger partial charge in [0.1, 0.15) is 11.8 Å². The van der Waals surface area contributed by atoms with Gasteiger partial charge >= 0.3 is 5.97 Å². The van der Waals surface area contributed by atoms with Crippen LogP contribution in [0.3, 0.4) is 0 Å². The van der Waals surface area contributed by atoms with Crippen molar-refractivity contribution < 1.29 is 19.1 Å². The molecule has 1 heterocycles. The summed E-state index contributed by atoms with van der Waals surface area (Å²) >= 11 is 1.51. The van der Waals surface area contributed by atoms with Gasteiger partial charge in [-0.3, -0.25) is 14.5 Å². The number of fused-ring (bicyclic) bond motifs is 1. The molecule has 0 aromatic heterocycles. The van der Waals surface area contributed by atoms with Crippen LogP contribution in [-0.2, 0) is 4.79 Å². The van der Waals surface area contributed by atoms with Gasteiger partial charge in [-0.05, 0) is 54.8 Å². The van der Waals surface area contributed by atoms with Gasteiger partial charge in [-0.1, -0.05) is 12.1 Å². The fourth-order valence-corrected chi connectivity index (χ4v) is 3.31. The summed E-state index contributed by atoms with van der Waals surface area (Å²) < 4.78 is 5.38. The van der Waals surface area contributed by atoms with E-state index in [-0.39, 0.29) is 5.75 Å². The highest BCUT2D eigenvalue weighted by Crippen LogP contribution is 2.27. The van der Waals surface area contributed by atoms with E-state index in [1.165, 1.54) is 36.0 Å². The van der Waals surface area contributed by atoms with Gasteiger partial charge in [0.15, 0.2) is 0 Å². The molecule has 2 aromatic rings. The van der Waals surface area contributed by atoms with Crippen LogP contribution < -0.4 is 4.74 Å². The van der Waals surface area contributed by atoms with E-state index in [2.05, 4.69) is 0 Å². The molecule has 1 aliphatic heterocycles. The van der Waals surface area contributed by atoms with E-state index in [9.17, 15) is 14.4 Å². The standard InChI is InChI=1S/C20H16N2O4S/c1-27-11-10-17(20(25)26-14-8-6-13(12-21)7-9-14)22-18(23)15-4-2-3-5-16(15)19(22)24/h2-9,17H,10-11H2,1H3/t17-/m1/s1. The number of hydrogen-bond donors (Lipinski definition) is 0. The number of nitriles is 1. The van der Waals surface area contributed by atoms with Crippen molar-refractivity contribution in [1.82, 2.24) is 4.90 Å². The Bertz CT molecular complexity index is 899. The number of hydrogen-bond acceptors (Lipinski definition) is 6. The summed E-state index contributed by atoms with van der Waals surface area (Å²) in [7, 11) is 0. The van der Waals surface area contributed by atoms with Crippen molar-refractivity contribution in [3.8, 4) is 11.8 Å². The zero-order valence-electron chi connectivity index (χ0n) is 14.5. The Hall–Kier alpha value is -3.11. The molecule has 1 aliphatic rings. The topological polar surface area (TPSA) is 87.5 Å². The maximum atomic E-state index is 12.8. The number of imide groups is 1. The second-order valence-electron chi connectivity index (χ2n) is 5.88. The van der Waals surface area contributed by atoms with Gasteiger partial charge in [0.2, 0.25) is 0 Å². The van der Waals surface area contributed by atoms with Crippen molar-refractivity contribution in [2.45, 2.75) is 12.5 Å². The van der Waals surface area contributed by atoms with E-state index in [1.807, 2.05) is 12.3 Å². The first-order valence-electron chi connectivity index (χ1n) is 8.24. The van der Waals surface area contributed by atoms with Crippen LogP contribution in [0.25, 0.3) is 0 Å². The number of carbonyl (C=O) groups is 3. The van der Waals surface area contributed by atoms with Gasteiger partial charge in [0, 0.05) is 0 Å². The Morgan fingerprint density at radius 1 is 1.11 bits per heavy atom. The molecule has 0 saturated carbocycles. The van der Waals surface area contributed by atoms with Crippen LogP contribution in [-0.4, -0.2) is 40.7 Å². The average molecular weight is 380 g/mol. The van der Waals surface area contributed by atoms with Gasteiger partial charge in [-0.25, -0.2) is 4.79 Å². The number of nitrogens with zero attached hydrogens (tertiary/aromatic N) is 2. The van der Waals surface area contributed by atoms with Crippen LogP contribution in [0.4, 0.5) is 0 Å². The van der Waals surface area contributed by atoms with E-state index >= 15 is 0 Å². The van der Waals surface area contributed by atoms with Gasteiger partial charge in [-0.2, -0.15) is 17.0 Å². The molecule has 0 aliphatic carbocycles. The van der Waals surface area contributed by atoms with E-state index in [1.54, 1.807) is 24.3 Å². The fourth-order valence-electron chi connectivity index (χ4n) is 2.85. The quantitative estimate of drug-likeness (QED) is 0.435. The minimum atomic E-state index is -1.01. The van der Waals surface area contributed by atoms with Gasteiger partial charge in [0.25, 0.3) is 11.8 Å². The third kappa shape index (κ3) is 3.71. The van der Waals surface area contributed by atoms with Crippen LogP contribution in [0.5, 0.6) is 5.75 Å². The lowest BCUT2D eigenvalue weighted by molar-refractivity contribution is -0.138. The number of carbonyl (C=O) groups excluding carboxylic acids is 3. The second-order valence-corrected chi connectivity index (χ2v) is 6.87. The zero-order valence-corrected chi connectivity index (χ0v) is 15.4. The average Bonchev–Trinajstić information content (AvgIpc) is 2.94. The van der Waals surface area contributed by atoms with Crippen molar-refractivity contribution in [2.24, 2.45) is 0 Å². The Labute approximate surface area is 160 Å². The first-order valence-corrected chi connectivity index (χ1v) is 9.64. The van der Waals surface area contributed by atoms with Crippen molar-refractivity contribution in [3.05, 3.63) is 65.2 Å². The molecule has 0 unspecified atom stereocenters.